The van der Waals surface area contributed by atoms with E-state index >= 15 is 0 Å². The van der Waals surface area contributed by atoms with E-state index in [0.29, 0.717) is 0 Å². The average Bonchev–Trinajstić information content (AvgIpc) is 2.50. The van der Waals surface area contributed by atoms with Gasteiger partial charge in [0.15, 0.2) is 5.72 Å². The third-order valence-corrected chi connectivity index (χ3v) is 4.93. The summed E-state index contributed by atoms with van der Waals surface area (Å²) < 4.78 is 6.26. The first-order valence-electron chi connectivity index (χ1n) is 7.94. The first-order valence-corrected chi connectivity index (χ1v) is 7.94. The minimum Gasteiger partial charge on any atom is -0.467 e. The van der Waals surface area contributed by atoms with Crippen LogP contribution in [0.3, 0.4) is 0 Å². The predicted molar refractivity (Wildman–Crippen MR) is 89.8 cm³/mol. The predicted octanol–water partition coefficient (Wildman–Crippen LogP) is 4.07. The highest BCUT2D eigenvalue weighted by Crippen LogP contribution is 2.45. The summed E-state index contributed by atoms with van der Waals surface area (Å²) in [5.41, 5.74) is 3.62. The second-order valence-electron chi connectivity index (χ2n) is 6.63. The molecule has 2 aromatic carbocycles. The fraction of sp³-hybridized carbons (Fsp3) is 0.316. The molecule has 23 heavy (non-hydrogen) atoms. The molecule has 0 unspecified atom stereocenters. The van der Waals surface area contributed by atoms with Crippen LogP contribution in [-0.4, -0.2) is 11.8 Å². The third kappa shape index (κ3) is 2.09. The summed E-state index contributed by atoms with van der Waals surface area (Å²) in [6, 6.07) is 13.9. The number of hydrogen-bond acceptors (Lipinski definition) is 2. The Balaban J connectivity index is 1.81. The van der Waals surface area contributed by atoms with Crippen molar-refractivity contribution >= 4 is 11.7 Å². The summed E-state index contributed by atoms with van der Waals surface area (Å²) in [6.07, 6.45) is 0.725. The molecule has 4 rings (SSSR count). The average molecular weight is 308 g/mol. The lowest BCUT2D eigenvalue weighted by atomic mass is 9.90. The number of nitrogens with one attached hydrogen (secondary N) is 1. The van der Waals surface area contributed by atoms with Gasteiger partial charge in [-0.2, -0.15) is 0 Å². The molecular weight excluding hydrogens is 288 g/mol. The van der Waals surface area contributed by atoms with Gasteiger partial charge in [0.1, 0.15) is 5.75 Å². The summed E-state index contributed by atoms with van der Waals surface area (Å²) in [7, 11) is 0. The molecule has 0 aromatic heterocycles. The lowest BCUT2D eigenvalue weighted by Crippen LogP contribution is -2.65. The maximum absolute atomic E-state index is 12.8. The summed E-state index contributed by atoms with van der Waals surface area (Å²) in [6.45, 7) is 6.12. The molecule has 1 saturated heterocycles. The molecular formula is C19H20N2O2. The zero-order chi connectivity index (χ0) is 16.2. The monoisotopic (exact) mass is 308 g/mol. The molecule has 2 atom stereocenters. The zero-order valence-corrected chi connectivity index (χ0v) is 13.6. The van der Waals surface area contributed by atoms with Crippen molar-refractivity contribution in [3.63, 3.8) is 0 Å². The highest BCUT2D eigenvalue weighted by molar-refractivity contribution is 5.95. The Hall–Kier alpha value is -2.49. The minimum absolute atomic E-state index is 0.000227. The van der Waals surface area contributed by atoms with E-state index in [-0.39, 0.29) is 12.1 Å². The molecule has 2 bridgehead atoms. The quantitative estimate of drug-likeness (QED) is 0.862. The van der Waals surface area contributed by atoms with Crippen LogP contribution in [0.25, 0.3) is 0 Å². The van der Waals surface area contributed by atoms with Gasteiger partial charge in [0.25, 0.3) is 0 Å². The van der Waals surface area contributed by atoms with Crippen LogP contribution >= 0.6 is 0 Å². The number of benzene rings is 2. The highest BCUT2D eigenvalue weighted by atomic mass is 16.5. The summed E-state index contributed by atoms with van der Waals surface area (Å²) in [4.78, 5) is 14.5. The smallest absolute Gasteiger partial charge is 0.325 e. The van der Waals surface area contributed by atoms with Crippen molar-refractivity contribution in [1.82, 2.24) is 5.32 Å². The van der Waals surface area contributed by atoms with Crippen LogP contribution in [0.1, 0.15) is 36.1 Å². The van der Waals surface area contributed by atoms with E-state index < -0.39 is 5.72 Å². The second kappa shape index (κ2) is 4.75. The van der Waals surface area contributed by atoms with Crippen molar-refractivity contribution in [2.24, 2.45) is 0 Å². The van der Waals surface area contributed by atoms with Crippen molar-refractivity contribution in [1.29, 1.82) is 0 Å². The summed E-state index contributed by atoms with van der Waals surface area (Å²) >= 11 is 0. The molecule has 0 aliphatic carbocycles. The van der Waals surface area contributed by atoms with Gasteiger partial charge in [0.2, 0.25) is 0 Å². The van der Waals surface area contributed by atoms with Crippen molar-refractivity contribution in [2.45, 2.75) is 39.0 Å². The maximum Gasteiger partial charge on any atom is 0.325 e. The van der Waals surface area contributed by atoms with E-state index in [1.165, 1.54) is 5.56 Å². The molecule has 0 radical (unpaired) electrons. The number of rotatable bonds is 1. The van der Waals surface area contributed by atoms with Gasteiger partial charge in [0, 0.05) is 17.7 Å². The van der Waals surface area contributed by atoms with Gasteiger partial charge in [-0.3, -0.25) is 4.90 Å². The fourth-order valence-corrected chi connectivity index (χ4v) is 3.58. The number of amides is 2. The van der Waals surface area contributed by atoms with Gasteiger partial charge in [0.05, 0.1) is 6.04 Å². The van der Waals surface area contributed by atoms with Crippen molar-refractivity contribution in [2.75, 3.05) is 4.90 Å². The van der Waals surface area contributed by atoms with Crippen LogP contribution in [0, 0.1) is 13.8 Å². The molecule has 0 spiro atoms. The van der Waals surface area contributed by atoms with Crippen LogP contribution < -0.4 is 15.0 Å². The van der Waals surface area contributed by atoms with Gasteiger partial charge in [-0.15, -0.1) is 0 Å². The molecule has 2 amide bonds. The number of para-hydroxylation sites is 1. The number of urea groups is 1. The Kier molecular flexibility index (Phi) is 2.92. The lowest BCUT2D eigenvalue weighted by Gasteiger charge is -2.50. The number of ether oxygens (including phenoxy) is 1. The summed E-state index contributed by atoms with van der Waals surface area (Å²) in [5, 5.41) is 3.12. The van der Waals surface area contributed by atoms with E-state index in [9.17, 15) is 4.79 Å². The topological polar surface area (TPSA) is 41.6 Å². The Morgan fingerprint density at radius 1 is 1.17 bits per heavy atom. The van der Waals surface area contributed by atoms with E-state index in [2.05, 4.69) is 19.2 Å². The number of carbonyl (C=O) groups is 1. The van der Waals surface area contributed by atoms with Crippen molar-refractivity contribution < 1.29 is 9.53 Å². The van der Waals surface area contributed by atoms with Crippen LogP contribution in [0.15, 0.2) is 42.5 Å². The van der Waals surface area contributed by atoms with Gasteiger partial charge < -0.3 is 10.1 Å². The number of carbonyl (C=O) groups excluding carboxylic acids is 1. The Labute approximate surface area is 136 Å². The Morgan fingerprint density at radius 2 is 1.96 bits per heavy atom. The first kappa shape index (κ1) is 14.1. The van der Waals surface area contributed by atoms with Gasteiger partial charge in [-0.05, 0) is 50.1 Å². The second-order valence-corrected chi connectivity index (χ2v) is 6.63. The van der Waals surface area contributed by atoms with Gasteiger partial charge in [-0.25, -0.2) is 4.79 Å². The number of hydrogen-bond donors (Lipinski definition) is 1. The molecule has 1 fully saturated rings. The van der Waals surface area contributed by atoms with Crippen LogP contribution in [0.5, 0.6) is 5.75 Å². The first-order chi connectivity index (χ1) is 11.0. The van der Waals surface area contributed by atoms with Crippen LogP contribution in [0.2, 0.25) is 0 Å². The van der Waals surface area contributed by atoms with E-state index in [1.807, 2.05) is 49.4 Å². The molecule has 2 aromatic rings. The SMILES string of the molecule is Cc1ccc(N2C(=O)N[C@@H]3C[C@@]2(C)Oc2ccccc23)cc1C. The van der Waals surface area contributed by atoms with E-state index in [1.54, 1.807) is 4.90 Å². The van der Waals surface area contributed by atoms with E-state index in [0.717, 1.165) is 29.0 Å². The molecule has 2 aliphatic heterocycles. The fourth-order valence-electron chi connectivity index (χ4n) is 3.58. The number of aryl methyl sites for hydroxylation is 2. The van der Waals surface area contributed by atoms with Crippen molar-refractivity contribution in [3.05, 3.63) is 59.2 Å². The number of fused-ring (bicyclic) bond motifs is 4. The van der Waals surface area contributed by atoms with Gasteiger partial charge in [-0.1, -0.05) is 24.3 Å². The van der Waals surface area contributed by atoms with Crippen molar-refractivity contribution in [3.8, 4) is 5.75 Å². The molecule has 0 saturated carbocycles. The van der Waals surface area contributed by atoms with Crippen LogP contribution in [0.4, 0.5) is 10.5 Å². The normalized spacial score (nSPS) is 25.4. The minimum atomic E-state index is -0.678. The molecule has 2 aliphatic rings. The summed E-state index contributed by atoms with van der Waals surface area (Å²) in [5.74, 6) is 0.847. The zero-order valence-electron chi connectivity index (χ0n) is 13.6. The largest absolute Gasteiger partial charge is 0.467 e. The molecule has 4 nitrogen and oxygen atoms in total. The lowest BCUT2D eigenvalue weighted by molar-refractivity contribution is 0.0379. The molecule has 2 heterocycles. The highest BCUT2D eigenvalue weighted by Gasteiger charge is 2.49. The van der Waals surface area contributed by atoms with Crippen LogP contribution in [-0.2, 0) is 0 Å². The molecule has 1 N–H and O–H groups in total. The Bertz CT molecular complexity index is 802. The van der Waals surface area contributed by atoms with Gasteiger partial charge >= 0.3 is 6.03 Å². The molecule has 4 heteroatoms. The third-order valence-electron chi connectivity index (χ3n) is 4.93. The Morgan fingerprint density at radius 3 is 2.74 bits per heavy atom. The number of anilines is 1. The maximum atomic E-state index is 12.8. The number of nitrogens with zero attached hydrogens (tertiary/aromatic N) is 1. The van der Waals surface area contributed by atoms with E-state index in [4.69, 9.17) is 4.74 Å². The standard InChI is InChI=1S/C19H20N2O2/c1-12-8-9-14(10-13(12)2)21-18(22)20-16-11-19(21,3)23-17-7-5-4-6-15(16)17/h4-10,16H,11H2,1-3H3,(H,20,22)/t16-,19-/m1/s1. The molecule has 118 valence electrons.